The largest absolute Gasteiger partial charge is 0.399 e. The Balaban J connectivity index is 1.97. The number of aromatic nitrogens is 3. The lowest BCUT2D eigenvalue weighted by molar-refractivity contribution is 0.102. The fourth-order valence-electron chi connectivity index (χ4n) is 2.03. The highest BCUT2D eigenvalue weighted by Gasteiger charge is 2.16. The van der Waals surface area contributed by atoms with E-state index in [1.54, 1.807) is 30.5 Å². The quantitative estimate of drug-likeness (QED) is 0.501. The van der Waals surface area contributed by atoms with Crippen molar-refractivity contribution in [2.24, 2.45) is 0 Å². The van der Waals surface area contributed by atoms with Crippen LogP contribution in [-0.4, -0.2) is 21.1 Å². The summed E-state index contributed by atoms with van der Waals surface area (Å²) >= 11 is 5.97. The van der Waals surface area contributed by atoms with Crippen LogP contribution >= 0.6 is 11.6 Å². The van der Waals surface area contributed by atoms with E-state index in [1.807, 2.05) is 6.92 Å². The normalized spacial score (nSPS) is 10.8. The van der Waals surface area contributed by atoms with Crippen molar-refractivity contribution >= 4 is 39.8 Å². The van der Waals surface area contributed by atoms with Crippen molar-refractivity contribution in [2.45, 2.75) is 6.92 Å². The third kappa shape index (κ3) is 2.53. The van der Waals surface area contributed by atoms with Gasteiger partial charge in [0.25, 0.3) is 5.91 Å². The number of hydrogen-bond donors (Lipinski definition) is 3. The standard InChI is InChI=1S/C14H12ClN5O/c1-7-4-11(13(15)17-6-7)18-14(21)12-9-5-8(16)2-3-10(9)19-20-12/h2-6H,16H2,1H3,(H,18,21)(H,19,20). The van der Waals surface area contributed by atoms with Crippen LogP contribution in [-0.2, 0) is 0 Å². The molecule has 4 N–H and O–H groups in total. The van der Waals surface area contributed by atoms with Crippen LogP contribution in [0, 0.1) is 6.92 Å². The monoisotopic (exact) mass is 301 g/mol. The molecule has 3 aromatic rings. The molecule has 0 atom stereocenters. The molecule has 106 valence electrons. The molecule has 2 aromatic heterocycles. The Bertz CT molecular complexity index is 842. The Morgan fingerprint density at radius 1 is 1.38 bits per heavy atom. The summed E-state index contributed by atoms with van der Waals surface area (Å²) in [6.45, 7) is 1.86. The van der Waals surface area contributed by atoms with Gasteiger partial charge >= 0.3 is 0 Å². The Kier molecular flexibility index (Phi) is 3.23. The number of nitrogens with one attached hydrogen (secondary N) is 2. The van der Waals surface area contributed by atoms with Crippen molar-refractivity contribution in [2.75, 3.05) is 11.1 Å². The number of nitrogens with zero attached hydrogens (tertiary/aromatic N) is 2. The van der Waals surface area contributed by atoms with Gasteiger partial charge in [-0.3, -0.25) is 9.89 Å². The Morgan fingerprint density at radius 2 is 2.19 bits per heavy atom. The number of amides is 1. The van der Waals surface area contributed by atoms with Crippen molar-refractivity contribution in [3.63, 3.8) is 0 Å². The fourth-order valence-corrected chi connectivity index (χ4v) is 2.18. The molecule has 0 fully saturated rings. The number of pyridine rings is 1. The molecule has 0 unspecified atom stereocenters. The van der Waals surface area contributed by atoms with E-state index in [1.165, 1.54) is 0 Å². The van der Waals surface area contributed by atoms with Gasteiger partial charge in [-0.2, -0.15) is 5.10 Å². The second-order valence-electron chi connectivity index (χ2n) is 4.68. The fraction of sp³-hybridized carbons (Fsp3) is 0.0714. The molecule has 0 saturated carbocycles. The Labute approximate surface area is 125 Å². The van der Waals surface area contributed by atoms with Gasteiger partial charge < -0.3 is 11.1 Å². The molecule has 0 aliphatic heterocycles. The number of H-pyrrole nitrogens is 1. The first-order valence-corrected chi connectivity index (χ1v) is 6.59. The predicted octanol–water partition coefficient (Wildman–Crippen LogP) is 2.75. The minimum atomic E-state index is -0.374. The highest BCUT2D eigenvalue weighted by atomic mass is 35.5. The maximum Gasteiger partial charge on any atom is 0.276 e. The smallest absolute Gasteiger partial charge is 0.276 e. The number of anilines is 2. The molecular weight excluding hydrogens is 290 g/mol. The summed E-state index contributed by atoms with van der Waals surface area (Å²) in [7, 11) is 0. The molecule has 7 heteroatoms. The molecule has 0 saturated heterocycles. The van der Waals surface area contributed by atoms with E-state index in [0.717, 1.165) is 11.1 Å². The molecule has 2 heterocycles. The lowest BCUT2D eigenvalue weighted by atomic mass is 10.2. The van der Waals surface area contributed by atoms with Crippen LogP contribution < -0.4 is 11.1 Å². The summed E-state index contributed by atoms with van der Waals surface area (Å²) in [6.07, 6.45) is 1.63. The molecule has 0 bridgehead atoms. The predicted molar refractivity (Wildman–Crippen MR) is 82.4 cm³/mol. The molecule has 0 aliphatic carbocycles. The van der Waals surface area contributed by atoms with E-state index in [4.69, 9.17) is 17.3 Å². The molecule has 1 amide bonds. The summed E-state index contributed by atoms with van der Waals surface area (Å²) in [4.78, 5) is 16.3. The van der Waals surface area contributed by atoms with Crippen LogP contribution in [0.3, 0.4) is 0 Å². The second kappa shape index (κ2) is 5.06. The average Bonchev–Trinajstić information content (AvgIpc) is 2.85. The number of hydrogen-bond acceptors (Lipinski definition) is 4. The highest BCUT2D eigenvalue weighted by Crippen LogP contribution is 2.23. The molecule has 0 aliphatic rings. The van der Waals surface area contributed by atoms with Crippen molar-refractivity contribution in [3.05, 3.63) is 46.9 Å². The number of aromatic amines is 1. The van der Waals surface area contributed by atoms with Crippen molar-refractivity contribution < 1.29 is 4.79 Å². The summed E-state index contributed by atoms with van der Waals surface area (Å²) in [5, 5.41) is 10.4. The summed E-state index contributed by atoms with van der Waals surface area (Å²) in [5.41, 5.74) is 8.65. The highest BCUT2D eigenvalue weighted by molar-refractivity contribution is 6.32. The zero-order valence-electron chi connectivity index (χ0n) is 11.1. The number of halogens is 1. The van der Waals surface area contributed by atoms with Gasteiger partial charge in [0.2, 0.25) is 0 Å². The molecule has 6 nitrogen and oxygen atoms in total. The van der Waals surface area contributed by atoms with Crippen LogP contribution in [0.2, 0.25) is 5.15 Å². The number of rotatable bonds is 2. The topological polar surface area (TPSA) is 96.7 Å². The lowest BCUT2D eigenvalue weighted by Gasteiger charge is -2.06. The Hall–Kier alpha value is -2.60. The van der Waals surface area contributed by atoms with Gasteiger partial charge in [0.1, 0.15) is 0 Å². The number of carbonyl (C=O) groups is 1. The van der Waals surface area contributed by atoms with Crippen molar-refractivity contribution in [1.82, 2.24) is 15.2 Å². The first kappa shape index (κ1) is 13.4. The van der Waals surface area contributed by atoms with Crippen LogP contribution in [0.25, 0.3) is 10.9 Å². The maximum atomic E-state index is 12.3. The number of carbonyl (C=O) groups excluding carboxylic acids is 1. The zero-order valence-corrected chi connectivity index (χ0v) is 11.9. The maximum absolute atomic E-state index is 12.3. The first-order valence-electron chi connectivity index (χ1n) is 6.21. The third-order valence-corrected chi connectivity index (χ3v) is 3.33. The van der Waals surface area contributed by atoms with Crippen LogP contribution in [0.15, 0.2) is 30.5 Å². The minimum absolute atomic E-state index is 0.230. The van der Waals surface area contributed by atoms with Gasteiger partial charge in [-0.25, -0.2) is 4.98 Å². The first-order chi connectivity index (χ1) is 10.0. The molecular formula is C14H12ClN5O. The number of aryl methyl sites for hydroxylation is 1. The molecule has 21 heavy (non-hydrogen) atoms. The number of benzene rings is 1. The zero-order chi connectivity index (χ0) is 15.0. The van der Waals surface area contributed by atoms with Crippen LogP contribution in [0.5, 0.6) is 0 Å². The summed E-state index contributed by atoms with van der Waals surface area (Å²) in [6, 6.07) is 6.96. The SMILES string of the molecule is Cc1cnc(Cl)c(NC(=O)c2n[nH]c3ccc(N)cc23)c1. The van der Waals surface area contributed by atoms with E-state index in [-0.39, 0.29) is 16.8 Å². The van der Waals surface area contributed by atoms with E-state index >= 15 is 0 Å². The molecule has 1 aromatic carbocycles. The third-order valence-electron chi connectivity index (χ3n) is 3.03. The Morgan fingerprint density at radius 3 is 3.00 bits per heavy atom. The number of fused-ring (bicyclic) bond motifs is 1. The van der Waals surface area contributed by atoms with Crippen molar-refractivity contribution in [3.8, 4) is 0 Å². The molecule has 0 spiro atoms. The van der Waals surface area contributed by atoms with Gasteiger partial charge in [0.05, 0.1) is 11.2 Å². The van der Waals surface area contributed by atoms with Gasteiger partial charge in [-0.15, -0.1) is 0 Å². The van der Waals surface area contributed by atoms with Crippen LogP contribution in [0.1, 0.15) is 16.1 Å². The van der Waals surface area contributed by atoms with Gasteiger partial charge in [-0.05, 0) is 36.8 Å². The lowest BCUT2D eigenvalue weighted by Crippen LogP contribution is -2.13. The van der Waals surface area contributed by atoms with Gasteiger partial charge in [0.15, 0.2) is 10.8 Å². The minimum Gasteiger partial charge on any atom is -0.399 e. The number of nitrogens with two attached hydrogens (primary N) is 1. The van der Waals surface area contributed by atoms with Crippen LogP contribution in [0.4, 0.5) is 11.4 Å². The average molecular weight is 302 g/mol. The van der Waals surface area contributed by atoms with E-state index in [2.05, 4.69) is 20.5 Å². The van der Waals surface area contributed by atoms with E-state index in [0.29, 0.717) is 16.8 Å². The second-order valence-corrected chi connectivity index (χ2v) is 5.04. The van der Waals surface area contributed by atoms with Gasteiger partial charge in [-0.1, -0.05) is 11.6 Å². The van der Waals surface area contributed by atoms with Crippen molar-refractivity contribution in [1.29, 1.82) is 0 Å². The summed E-state index contributed by atoms with van der Waals surface area (Å²) in [5.74, 6) is -0.374. The number of nitrogen functional groups attached to an aromatic ring is 1. The summed E-state index contributed by atoms with van der Waals surface area (Å²) < 4.78 is 0. The van der Waals surface area contributed by atoms with E-state index in [9.17, 15) is 4.79 Å². The molecule has 0 radical (unpaired) electrons. The van der Waals surface area contributed by atoms with E-state index < -0.39 is 0 Å². The molecule has 3 rings (SSSR count). The van der Waals surface area contributed by atoms with Gasteiger partial charge in [0, 0.05) is 17.3 Å².